The first-order valence-electron chi connectivity index (χ1n) is 10.5. The molecule has 6 heterocycles. The zero-order chi connectivity index (χ0) is 21.0. The van der Waals surface area contributed by atoms with Crippen LogP contribution in [0.1, 0.15) is 33.6 Å². The van der Waals surface area contributed by atoms with Gasteiger partial charge in [-0.3, -0.25) is 14.8 Å². The molecule has 0 radical (unpaired) electrons. The van der Waals surface area contributed by atoms with E-state index in [1.807, 2.05) is 35.1 Å². The van der Waals surface area contributed by atoms with E-state index in [2.05, 4.69) is 21.1 Å². The van der Waals surface area contributed by atoms with Crippen LogP contribution < -0.4 is 0 Å². The maximum Gasteiger partial charge on any atom is 0.259 e. The number of likely N-dealkylation sites (tertiary alicyclic amines) is 1. The highest BCUT2D eigenvalue weighted by Crippen LogP contribution is 2.46. The molecule has 0 bridgehead atoms. The number of aryl methyl sites for hydroxylation is 1. The van der Waals surface area contributed by atoms with Crippen LogP contribution in [0.3, 0.4) is 0 Å². The number of aromatic nitrogens is 5. The third kappa shape index (κ3) is 2.91. The number of imidazole rings is 1. The van der Waals surface area contributed by atoms with Crippen molar-refractivity contribution < 1.29 is 9.53 Å². The Kier molecular flexibility index (Phi) is 4.22. The van der Waals surface area contributed by atoms with E-state index in [4.69, 9.17) is 4.74 Å². The summed E-state index contributed by atoms with van der Waals surface area (Å²) in [4.78, 5) is 26.3. The molecule has 0 atom stereocenters. The molecule has 4 aromatic rings. The molecular weight excluding hydrogens is 412 g/mol. The lowest BCUT2D eigenvalue weighted by Gasteiger charge is -2.44. The summed E-state index contributed by atoms with van der Waals surface area (Å²) in [7, 11) is 1.93. The van der Waals surface area contributed by atoms with Gasteiger partial charge in [0.2, 0.25) is 0 Å². The summed E-state index contributed by atoms with van der Waals surface area (Å²) in [6.07, 6.45) is 13.2. The Morgan fingerprint density at radius 2 is 2.06 bits per heavy atom. The van der Waals surface area contributed by atoms with Crippen LogP contribution in [0.4, 0.5) is 0 Å². The van der Waals surface area contributed by atoms with Crippen LogP contribution in [0, 0.1) is 0 Å². The predicted octanol–water partition coefficient (Wildman–Crippen LogP) is 2.90. The number of carbonyl (C=O) groups is 1. The Bertz CT molecular complexity index is 1270. The molecule has 2 aliphatic rings. The monoisotopic (exact) mass is 434 g/mol. The number of hydrogen-bond acceptors (Lipinski definition) is 6. The van der Waals surface area contributed by atoms with Gasteiger partial charge >= 0.3 is 0 Å². The Morgan fingerprint density at radius 3 is 2.87 bits per heavy atom. The van der Waals surface area contributed by atoms with Crippen molar-refractivity contribution in [1.29, 1.82) is 0 Å². The zero-order valence-electron chi connectivity index (χ0n) is 17.2. The van der Waals surface area contributed by atoms with E-state index in [9.17, 15) is 4.79 Å². The third-order valence-electron chi connectivity index (χ3n) is 6.45. The fourth-order valence-corrected chi connectivity index (χ4v) is 6.02. The number of carbonyl (C=O) groups excluding carboxylic acids is 1. The zero-order valence-corrected chi connectivity index (χ0v) is 18.0. The van der Waals surface area contributed by atoms with E-state index < -0.39 is 0 Å². The molecule has 1 spiro atoms. The van der Waals surface area contributed by atoms with Crippen LogP contribution in [0.25, 0.3) is 16.2 Å². The minimum atomic E-state index is -0.319. The summed E-state index contributed by atoms with van der Waals surface area (Å²) < 4.78 is 10.1. The lowest BCUT2D eigenvalue weighted by molar-refractivity contribution is -0.0926. The van der Waals surface area contributed by atoms with Gasteiger partial charge in [-0.25, -0.2) is 4.52 Å². The van der Waals surface area contributed by atoms with Gasteiger partial charge in [0.05, 0.1) is 35.2 Å². The average Bonchev–Trinajstić information content (AvgIpc) is 3.52. The van der Waals surface area contributed by atoms with Crippen LogP contribution in [-0.4, -0.2) is 54.7 Å². The minimum Gasteiger partial charge on any atom is -0.370 e. The maximum absolute atomic E-state index is 13.2. The fraction of sp³-hybridized carbons (Fsp3) is 0.364. The highest BCUT2D eigenvalue weighted by molar-refractivity contribution is 7.15. The quantitative estimate of drug-likeness (QED) is 0.485. The van der Waals surface area contributed by atoms with Gasteiger partial charge in [0.15, 0.2) is 0 Å². The largest absolute Gasteiger partial charge is 0.370 e. The van der Waals surface area contributed by atoms with Crippen LogP contribution in [0.2, 0.25) is 0 Å². The normalized spacial score (nSPS) is 17.9. The van der Waals surface area contributed by atoms with Crippen LogP contribution in [-0.2, 0) is 23.8 Å². The van der Waals surface area contributed by atoms with Crippen molar-refractivity contribution in [3.05, 3.63) is 59.3 Å². The molecule has 2 aliphatic heterocycles. The Balaban J connectivity index is 1.26. The number of fused-ring (bicyclic) bond motifs is 3. The molecule has 8 nitrogen and oxygen atoms in total. The molecule has 1 saturated heterocycles. The number of rotatable bonds is 2. The van der Waals surface area contributed by atoms with Gasteiger partial charge in [-0.2, -0.15) is 5.10 Å². The first-order chi connectivity index (χ1) is 15.1. The van der Waals surface area contributed by atoms with Crippen molar-refractivity contribution in [2.45, 2.75) is 24.9 Å². The summed E-state index contributed by atoms with van der Waals surface area (Å²) >= 11 is 1.79. The molecule has 31 heavy (non-hydrogen) atoms. The smallest absolute Gasteiger partial charge is 0.259 e. The van der Waals surface area contributed by atoms with Gasteiger partial charge < -0.3 is 14.2 Å². The summed E-state index contributed by atoms with van der Waals surface area (Å²) in [5.41, 5.74) is 3.33. The molecule has 1 amide bonds. The van der Waals surface area contributed by atoms with Crippen molar-refractivity contribution in [3.63, 3.8) is 0 Å². The number of amides is 1. The van der Waals surface area contributed by atoms with Crippen LogP contribution in [0.15, 0.2) is 43.2 Å². The SMILES string of the molecule is Cn1ccn2ncc(C(=O)N3CCC4(CC3)OCCc3sc(-c5cnccn5)cc34)c12. The Hall–Kier alpha value is -3.04. The first-order valence-corrected chi connectivity index (χ1v) is 11.3. The molecule has 4 aromatic heterocycles. The second kappa shape index (κ2) is 7.00. The molecule has 6 rings (SSSR count). The second-order valence-corrected chi connectivity index (χ2v) is 9.30. The Morgan fingerprint density at radius 1 is 1.19 bits per heavy atom. The molecule has 0 aromatic carbocycles. The Labute approximate surface area is 183 Å². The van der Waals surface area contributed by atoms with Crippen molar-refractivity contribution in [3.8, 4) is 10.6 Å². The number of piperidine rings is 1. The van der Waals surface area contributed by atoms with Gasteiger partial charge in [-0.1, -0.05) is 0 Å². The maximum atomic E-state index is 13.2. The van der Waals surface area contributed by atoms with Crippen LogP contribution >= 0.6 is 11.3 Å². The van der Waals surface area contributed by atoms with Crippen LogP contribution in [0.5, 0.6) is 0 Å². The van der Waals surface area contributed by atoms with Crippen molar-refractivity contribution in [1.82, 2.24) is 29.0 Å². The standard InChI is InChI=1S/C22H22N6O2S/c1-26-9-10-28-20(26)15(13-25-28)21(29)27-7-3-22(4-8-27)16-12-19(17-14-23-5-6-24-17)31-18(16)2-11-30-22/h5-6,9-10,12-14H,2-4,7-8,11H2,1H3. The molecular formula is C22H22N6O2S. The predicted molar refractivity (Wildman–Crippen MR) is 116 cm³/mol. The van der Waals surface area contributed by atoms with Gasteiger partial charge in [0, 0.05) is 56.2 Å². The van der Waals surface area contributed by atoms with Gasteiger partial charge in [0.25, 0.3) is 5.91 Å². The van der Waals surface area contributed by atoms with E-state index in [0.29, 0.717) is 18.7 Å². The number of hydrogen-bond donors (Lipinski definition) is 0. The van der Waals surface area contributed by atoms with Crippen molar-refractivity contribution in [2.75, 3.05) is 19.7 Å². The molecule has 0 aliphatic carbocycles. The summed E-state index contributed by atoms with van der Waals surface area (Å²) in [6.45, 7) is 2.04. The van der Waals surface area contributed by atoms with E-state index in [-0.39, 0.29) is 11.5 Å². The number of ether oxygens (including phenoxy) is 1. The molecule has 1 fully saturated rings. The molecule has 9 heteroatoms. The van der Waals surface area contributed by atoms with Gasteiger partial charge in [0.1, 0.15) is 11.2 Å². The highest BCUT2D eigenvalue weighted by Gasteiger charge is 2.43. The molecule has 0 unspecified atom stereocenters. The van der Waals surface area contributed by atoms with Gasteiger partial charge in [-0.15, -0.1) is 11.3 Å². The molecule has 158 valence electrons. The van der Waals surface area contributed by atoms with Crippen molar-refractivity contribution >= 4 is 22.9 Å². The summed E-state index contributed by atoms with van der Waals surface area (Å²) in [6, 6.07) is 2.23. The third-order valence-corrected chi connectivity index (χ3v) is 7.66. The van der Waals surface area contributed by atoms with E-state index in [1.165, 1.54) is 10.4 Å². The number of thiophene rings is 1. The average molecular weight is 435 g/mol. The van der Waals surface area contributed by atoms with E-state index in [1.54, 1.807) is 34.4 Å². The van der Waals surface area contributed by atoms with E-state index >= 15 is 0 Å². The lowest BCUT2D eigenvalue weighted by atomic mass is 9.82. The molecule has 0 saturated carbocycles. The topological polar surface area (TPSA) is 77.5 Å². The highest BCUT2D eigenvalue weighted by atomic mass is 32.1. The second-order valence-electron chi connectivity index (χ2n) is 8.16. The summed E-state index contributed by atoms with van der Waals surface area (Å²) in [5, 5.41) is 4.31. The summed E-state index contributed by atoms with van der Waals surface area (Å²) in [5.74, 6) is 0.0354. The van der Waals surface area contributed by atoms with Gasteiger partial charge in [-0.05, 0) is 24.5 Å². The minimum absolute atomic E-state index is 0.0354. The lowest BCUT2D eigenvalue weighted by Crippen LogP contribution is -2.48. The fourth-order valence-electron chi connectivity index (χ4n) is 4.83. The van der Waals surface area contributed by atoms with E-state index in [0.717, 1.165) is 42.1 Å². The van der Waals surface area contributed by atoms with Crippen molar-refractivity contribution in [2.24, 2.45) is 7.05 Å². The first kappa shape index (κ1) is 18.7. The number of nitrogens with zero attached hydrogens (tertiary/aromatic N) is 6. The molecule has 0 N–H and O–H groups in total.